The third-order valence-corrected chi connectivity index (χ3v) is 13.5. The van der Waals surface area contributed by atoms with Crippen molar-refractivity contribution in [1.29, 1.82) is 0 Å². The number of halogens is 1. The minimum Gasteiger partial charge on any atom is -0.508 e. The first-order valence-corrected chi connectivity index (χ1v) is 23.9. The number of ether oxygens (including phenoxy) is 4. The van der Waals surface area contributed by atoms with Gasteiger partial charge < -0.3 is 39.6 Å². The average Bonchev–Trinajstić information content (AvgIpc) is 4.05. The topological polar surface area (TPSA) is 149 Å². The number of nitrogens with zero attached hydrogens (tertiary/aromatic N) is 2. The van der Waals surface area contributed by atoms with Crippen LogP contribution in [0.2, 0.25) is 0 Å². The van der Waals surface area contributed by atoms with E-state index in [-0.39, 0.29) is 36.0 Å². The molecule has 4 aromatic carbocycles. The van der Waals surface area contributed by atoms with Gasteiger partial charge in [-0.15, -0.1) is 22.7 Å². The molecule has 2 aromatic heterocycles. The Morgan fingerprint density at radius 1 is 0.864 bits per heavy atom. The first-order chi connectivity index (χ1) is 31.7. The molecule has 0 aliphatic carbocycles. The number of nitrogens with one attached hydrogen (secondary N) is 2. The third-order valence-electron chi connectivity index (χ3n) is 11.3. The fourth-order valence-electron chi connectivity index (χ4n) is 7.77. The van der Waals surface area contributed by atoms with Crippen LogP contribution in [0.5, 0.6) is 23.0 Å². The minimum atomic E-state index is -0.843. The number of phenolic OH excluding ortho intramolecular Hbond substituents is 1. The van der Waals surface area contributed by atoms with E-state index in [1.54, 1.807) is 40.5 Å². The van der Waals surface area contributed by atoms with E-state index in [0.29, 0.717) is 75.9 Å². The number of benzene rings is 4. The van der Waals surface area contributed by atoms with Crippen molar-refractivity contribution in [1.82, 2.24) is 20.5 Å². The molecule has 0 saturated carbocycles. The van der Waals surface area contributed by atoms with Gasteiger partial charge in [-0.05, 0) is 110 Å². The maximum atomic E-state index is 14.0. The number of aromatic hydroxyl groups is 1. The first kappa shape index (κ1) is 48.1. The number of hydrogen-bond acceptors (Lipinski definition) is 11. The lowest BCUT2D eigenvalue weighted by molar-refractivity contribution is -0.144. The second-order valence-corrected chi connectivity index (χ2v) is 19.3. The second kappa shape index (κ2) is 22.1. The zero-order valence-corrected chi connectivity index (χ0v) is 39.6. The smallest absolute Gasteiger partial charge is 0.246 e. The first-order valence-electron chi connectivity index (χ1n) is 22.2. The molecule has 1 unspecified atom stereocenters. The van der Waals surface area contributed by atoms with Gasteiger partial charge in [-0.2, -0.15) is 0 Å². The zero-order chi connectivity index (χ0) is 46.8. The highest BCUT2D eigenvalue weighted by Gasteiger charge is 2.42. The van der Waals surface area contributed by atoms with Crippen LogP contribution in [0.25, 0.3) is 31.0 Å². The monoisotopic (exact) mass is 936 g/mol. The van der Waals surface area contributed by atoms with Gasteiger partial charge in [0.2, 0.25) is 17.7 Å². The summed E-state index contributed by atoms with van der Waals surface area (Å²) >= 11 is 3.06. The molecule has 0 radical (unpaired) electrons. The Labute approximate surface area is 393 Å². The number of phenols is 1. The summed E-state index contributed by atoms with van der Waals surface area (Å²) in [6.45, 7) is 11.5. The Kier molecular flexibility index (Phi) is 16.1. The quantitative estimate of drug-likeness (QED) is 0.0636. The van der Waals surface area contributed by atoms with Gasteiger partial charge in [0.05, 0.1) is 33.6 Å². The Balaban J connectivity index is 0.786. The molecule has 1 aliphatic rings. The van der Waals surface area contributed by atoms with Crippen molar-refractivity contribution in [2.24, 2.45) is 5.41 Å². The molecule has 1 aliphatic heterocycles. The number of rotatable bonds is 20. The molecule has 3 heterocycles. The molecule has 0 spiro atoms. The summed E-state index contributed by atoms with van der Waals surface area (Å²) < 4.78 is 38.2. The van der Waals surface area contributed by atoms with Crippen LogP contribution in [0.3, 0.4) is 0 Å². The Morgan fingerprint density at radius 3 is 2.23 bits per heavy atom. The fourth-order valence-corrected chi connectivity index (χ4v) is 9.75. The molecule has 1 fully saturated rings. The molecule has 348 valence electrons. The van der Waals surface area contributed by atoms with E-state index in [1.165, 1.54) is 23.5 Å². The molecule has 1 saturated heterocycles. The van der Waals surface area contributed by atoms with Gasteiger partial charge in [0.15, 0.2) is 5.75 Å². The summed E-state index contributed by atoms with van der Waals surface area (Å²) in [5.41, 5.74) is 5.06. The molecule has 3 N–H and O–H groups in total. The number of thiophene rings is 1. The van der Waals surface area contributed by atoms with Crippen molar-refractivity contribution in [3.63, 3.8) is 0 Å². The highest BCUT2D eigenvalue weighted by atomic mass is 32.1. The van der Waals surface area contributed by atoms with Crippen molar-refractivity contribution < 1.29 is 42.8 Å². The van der Waals surface area contributed by atoms with Gasteiger partial charge in [-0.3, -0.25) is 14.4 Å². The summed E-state index contributed by atoms with van der Waals surface area (Å²) in [5, 5.41) is 16.9. The Hall–Kier alpha value is -5.87. The van der Waals surface area contributed by atoms with Gasteiger partial charge in [-0.25, -0.2) is 9.37 Å². The van der Waals surface area contributed by atoms with Crippen molar-refractivity contribution in [2.45, 2.75) is 78.4 Å². The lowest BCUT2D eigenvalue weighted by Gasteiger charge is -2.35. The van der Waals surface area contributed by atoms with Crippen LogP contribution in [-0.4, -0.2) is 84.4 Å². The van der Waals surface area contributed by atoms with Gasteiger partial charge in [0.25, 0.3) is 0 Å². The van der Waals surface area contributed by atoms with Crippen LogP contribution < -0.4 is 20.1 Å². The van der Waals surface area contributed by atoms with Crippen LogP contribution in [0.4, 0.5) is 4.39 Å². The van der Waals surface area contributed by atoms with E-state index in [2.05, 4.69) is 15.6 Å². The maximum absolute atomic E-state index is 14.0. The lowest BCUT2D eigenvalue weighted by Crippen LogP contribution is -2.58. The number of likely N-dealkylation sites (tertiary alicyclic amines) is 1. The number of thiazole rings is 1. The van der Waals surface area contributed by atoms with E-state index >= 15 is 0 Å². The van der Waals surface area contributed by atoms with Gasteiger partial charge in [0, 0.05) is 42.9 Å². The van der Waals surface area contributed by atoms with Crippen LogP contribution in [-0.2, 0) is 23.9 Å². The molecule has 3 amide bonds. The van der Waals surface area contributed by atoms with Crippen LogP contribution in [0.15, 0.2) is 96.5 Å². The zero-order valence-electron chi connectivity index (χ0n) is 37.9. The highest BCUT2D eigenvalue weighted by molar-refractivity contribution is 7.22. The van der Waals surface area contributed by atoms with Gasteiger partial charge in [0.1, 0.15) is 41.8 Å². The highest BCUT2D eigenvalue weighted by Crippen LogP contribution is 2.47. The molecule has 3 atom stereocenters. The number of aryl methyl sites for hydroxylation is 1. The Morgan fingerprint density at radius 2 is 1.53 bits per heavy atom. The molecule has 7 rings (SSSR count). The number of carbonyl (C=O) groups excluding carboxylic acids is 3. The number of fused-ring (bicyclic) bond motifs is 1. The maximum Gasteiger partial charge on any atom is 0.246 e. The summed E-state index contributed by atoms with van der Waals surface area (Å²) in [5.74, 6) is 0.859. The van der Waals surface area contributed by atoms with Gasteiger partial charge >= 0.3 is 0 Å². The van der Waals surface area contributed by atoms with Crippen molar-refractivity contribution in [2.75, 3.05) is 39.6 Å². The SMILES string of the molecule is Cc1ncsc1-c1ccc([C@H](C)NC(=O)[C@@H]2CCCN2C(=O)C(NC(=O)COCCCOCCCOc2ccc(Oc3c(-c4ccc(F)cc4)sc4cc(O)ccc34)cc2)C(C)(C)C)cc1. The Bertz CT molecular complexity index is 2570. The van der Waals surface area contributed by atoms with E-state index in [0.717, 1.165) is 42.2 Å². The summed E-state index contributed by atoms with van der Waals surface area (Å²) in [4.78, 5) is 48.5. The number of hydrogen-bond donors (Lipinski definition) is 3. The molecule has 12 nitrogen and oxygen atoms in total. The summed E-state index contributed by atoms with van der Waals surface area (Å²) in [7, 11) is 0. The normalized spacial score (nSPS) is 14.8. The number of amides is 3. The predicted molar refractivity (Wildman–Crippen MR) is 257 cm³/mol. The largest absolute Gasteiger partial charge is 0.508 e. The van der Waals surface area contributed by atoms with Crippen LogP contribution in [0.1, 0.15) is 70.7 Å². The van der Waals surface area contributed by atoms with Gasteiger partial charge in [-0.1, -0.05) is 57.2 Å². The average molecular weight is 937 g/mol. The minimum absolute atomic E-state index is 0.157. The molecule has 0 bridgehead atoms. The molecule has 6 aromatic rings. The van der Waals surface area contributed by atoms with Crippen molar-refractivity contribution in [3.05, 3.63) is 114 Å². The van der Waals surface area contributed by atoms with Crippen molar-refractivity contribution in [3.8, 4) is 43.9 Å². The molecule has 66 heavy (non-hydrogen) atoms. The number of aromatic nitrogens is 1. The molecular weight excluding hydrogens is 880 g/mol. The van der Waals surface area contributed by atoms with E-state index in [4.69, 9.17) is 18.9 Å². The van der Waals surface area contributed by atoms with E-state index < -0.39 is 23.4 Å². The summed E-state index contributed by atoms with van der Waals surface area (Å²) in [6, 6.07) is 25.0. The third kappa shape index (κ3) is 12.3. The standard InChI is InChI=1S/C51H57FN4O8S2/c1-32(34-10-12-35(13-11-34)46-33(2)53-31-65-46)54-49(59)42-9-6-24-56(42)50(60)48(51(3,4)5)55-44(58)30-62-27-7-25-61-26-8-28-63-39-19-21-40(22-20-39)64-45-41-23-18-38(57)29-43(41)66-47(45)36-14-16-37(52)17-15-36/h10-23,29,31-32,42,48,57H,6-9,24-28,30H2,1-5H3,(H,54,59)(H,55,58)/t32-,42-,48?/m0/s1. The predicted octanol–water partition coefficient (Wildman–Crippen LogP) is 10.2. The van der Waals surface area contributed by atoms with E-state index in [9.17, 15) is 23.9 Å². The summed E-state index contributed by atoms with van der Waals surface area (Å²) in [6.07, 6.45) is 2.49. The second-order valence-electron chi connectivity index (χ2n) is 17.4. The van der Waals surface area contributed by atoms with Crippen LogP contribution in [0, 0.1) is 18.2 Å². The van der Waals surface area contributed by atoms with E-state index in [1.807, 2.05) is 94.7 Å². The van der Waals surface area contributed by atoms with Crippen LogP contribution >= 0.6 is 22.7 Å². The molecule has 15 heteroatoms. The fraction of sp³-hybridized carbons (Fsp3) is 0.373. The lowest BCUT2D eigenvalue weighted by atomic mass is 9.85. The number of carbonyl (C=O) groups is 3. The molecular formula is C51H57FN4O8S2. The van der Waals surface area contributed by atoms with Crippen molar-refractivity contribution >= 4 is 50.5 Å².